The lowest BCUT2D eigenvalue weighted by Gasteiger charge is -2.31. The van der Waals surface area contributed by atoms with Gasteiger partial charge in [0, 0.05) is 59.5 Å². The van der Waals surface area contributed by atoms with Crippen LogP contribution >= 0.6 is 0 Å². The zero-order chi connectivity index (χ0) is 25.3. The highest BCUT2D eigenvalue weighted by Gasteiger charge is 2.28. The summed E-state index contributed by atoms with van der Waals surface area (Å²) in [5.74, 6) is 0.308. The van der Waals surface area contributed by atoms with Crippen molar-refractivity contribution in [3.8, 4) is 22.4 Å². The Labute approximate surface area is 210 Å². The second kappa shape index (κ2) is 9.82. The van der Waals surface area contributed by atoms with Crippen LogP contribution in [0.2, 0.25) is 0 Å². The molecule has 10 nitrogen and oxygen atoms in total. The van der Waals surface area contributed by atoms with E-state index in [0.717, 1.165) is 58.4 Å². The van der Waals surface area contributed by atoms with E-state index in [9.17, 15) is 8.42 Å². The summed E-state index contributed by atoms with van der Waals surface area (Å²) in [6, 6.07) is 4.19. The van der Waals surface area contributed by atoms with Gasteiger partial charge in [0.15, 0.2) is 0 Å². The van der Waals surface area contributed by atoms with Gasteiger partial charge in [0.1, 0.15) is 5.65 Å². The van der Waals surface area contributed by atoms with E-state index in [-0.39, 0.29) is 17.7 Å². The summed E-state index contributed by atoms with van der Waals surface area (Å²) in [6.07, 6.45) is 13.2. The van der Waals surface area contributed by atoms with Gasteiger partial charge in [0.05, 0.1) is 23.7 Å². The predicted molar refractivity (Wildman–Crippen MR) is 141 cm³/mol. The van der Waals surface area contributed by atoms with Crippen LogP contribution in [-0.4, -0.2) is 61.3 Å². The van der Waals surface area contributed by atoms with E-state index in [0.29, 0.717) is 13.1 Å². The third kappa shape index (κ3) is 4.76. The van der Waals surface area contributed by atoms with Crippen molar-refractivity contribution in [3.05, 3.63) is 54.8 Å². The number of pyridine rings is 1. The van der Waals surface area contributed by atoms with Crippen LogP contribution in [0.1, 0.15) is 38.4 Å². The number of hydrogen-bond donors (Lipinski definition) is 2. The molecule has 5 rings (SSSR count). The molecule has 5 heterocycles. The zero-order valence-corrected chi connectivity index (χ0v) is 21.2. The van der Waals surface area contributed by atoms with Gasteiger partial charge >= 0.3 is 0 Å². The van der Waals surface area contributed by atoms with Crippen molar-refractivity contribution in [1.29, 1.82) is 0 Å². The summed E-state index contributed by atoms with van der Waals surface area (Å²) in [5.41, 5.74) is 11.2. The highest BCUT2D eigenvalue weighted by atomic mass is 32.2. The highest BCUT2D eigenvalue weighted by molar-refractivity contribution is 7.89. The molecule has 11 heteroatoms. The van der Waals surface area contributed by atoms with Crippen molar-refractivity contribution in [2.45, 2.75) is 39.2 Å². The lowest BCUT2D eigenvalue weighted by Crippen LogP contribution is -2.40. The number of aryl methyl sites for hydroxylation is 1. The monoisotopic (exact) mass is 506 g/mol. The second-order valence-corrected chi connectivity index (χ2v) is 11.0. The van der Waals surface area contributed by atoms with E-state index in [1.54, 1.807) is 16.5 Å². The largest absolute Gasteiger partial charge is 0.368 e. The van der Waals surface area contributed by atoms with Crippen LogP contribution in [0.4, 0.5) is 5.95 Å². The minimum absolute atomic E-state index is 0.0536. The van der Waals surface area contributed by atoms with Gasteiger partial charge in [-0.25, -0.2) is 27.7 Å². The number of aromatic amines is 1. The SMILES string of the molecule is CC=CCS(=O)(=O)N1CCC(n2cc(-c3cnc4[nH]cc(-c5cc(CC)nc(N)n5)c4c3)cn2)CC1. The molecule has 1 aliphatic heterocycles. The number of hydrogen-bond acceptors (Lipinski definition) is 7. The van der Waals surface area contributed by atoms with Crippen molar-refractivity contribution in [2.24, 2.45) is 0 Å². The average Bonchev–Trinajstić information content (AvgIpc) is 3.54. The molecule has 0 amide bonds. The van der Waals surface area contributed by atoms with E-state index in [4.69, 9.17) is 5.73 Å². The van der Waals surface area contributed by atoms with Crippen molar-refractivity contribution >= 4 is 27.0 Å². The third-order valence-corrected chi connectivity index (χ3v) is 8.40. The van der Waals surface area contributed by atoms with Crippen LogP contribution in [0.15, 0.2) is 49.1 Å². The number of anilines is 1. The smallest absolute Gasteiger partial charge is 0.220 e. The number of nitrogens with two attached hydrogens (primary N) is 1. The van der Waals surface area contributed by atoms with Crippen LogP contribution in [0.5, 0.6) is 0 Å². The average molecular weight is 507 g/mol. The minimum atomic E-state index is -3.25. The molecular formula is C25H30N8O2S. The molecule has 3 N–H and O–H groups in total. The summed E-state index contributed by atoms with van der Waals surface area (Å²) >= 11 is 0. The summed E-state index contributed by atoms with van der Waals surface area (Å²) in [7, 11) is -3.25. The van der Waals surface area contributed by atoms with E-state index in [1.807, 2.05) is 49.4 Å². The molecule has 1 saturated heterocycles. The topological polar surface area (TPSA) is 136 Å². The van der Waals surface area contributed by atoms with Gasteiger partial charge in [-0.1, -0.05) is 19.1 Å². The molecule has 0 saturated carbocycles. The van der Waals surface area contributed by atoms with Crippen LogP contribution in [0.25, 0.3) is 33.4 Å². The molecule has 0 unspecified atom stereocenters. The summed E-state index contributed by atoms with van der Waals surface area (Å²) in [5, 5.41) is 5.54. The quantitative estimate of drug-likeness (QED) is 0.366. The number of piperidine rings is 1. The Bertz CT molecular complexity index is 1510. The molecule has 1 fully saturated rings. The molecule has 36 heavy (non-hydrogen) atoms. The number of H-pyrrole nitrogens is 1. The van der Waals surface area contributed by atoms with Crippen molar-refractivity contribution in [2.75, 3.05) is 24.6 Å². The normalized spacial score (nSPS) is 15.8. The number of allylic oxidation sites excluding steroid dienone is 1. The van der Waals surface area contributed by atoms with Crippen molar-refractivity contribution < 1.29 is 8.42 Å². The molecule has 4 aromatic rings. The Morgan fingerprint density at radius 2 is 1.97 bits per heavy atom. The number of rotatable bonds is 7. The lowest BCUT2D eigenvalue weighted by atomic mass is 10.1. The summed E-state index contributed by atoms with van der Waals surface area (Å²) < 4.78 is 28.5. The molecule has 0 aromatic carbocycles. The van der Waals surface area contributed by atoms with Crippen molar-refractivity contribution in [1.82, 2.24) is 34.0 Å². The fourth-order valence-corrected chi connectivity index (χ4v) is 6.02. The summed E-state index contributed by atoms with van der Waals surface area (Å²) in [4.78, 5) is 16.5. The molecule has 4 aromatic heterocycles. The molecule has 0 atom stereocenters. The van der Waals surface area contributed by atoms with Crippen LogP contribution in [0, 0.1) is 0 Å². The number of aromatic nitrogens is 6. The van der Waals surface area contributed by atoms with Crippen LogP contribution in [-0.2, 0) is 16.4 Å². The number of nitrogen functional groups attached to an aromatic ring is 1. The number of sulfonamides is 1. The fraction of sp³-hybridized carbons (Fsp3) is 0.360. The molecule has 0 radical (unpaired) electrons. The molecule has 1 aliphatic rings. The molecular weight excluding hydrogens is 476 g/mol. The molecule has 0 spiro atoms. The Balaban J connectivity index is 1.37. The summed E-state index contributed by atoms with van der Waals surface area (Å²) in [6.45, 7) is 4.86. The van der Waals surface area contributed by atoms with Gasteiger partial charge in [0.25, 0.3) is 0 Å². The maximum Gasteiger partial charge on any atom is 0.220 e. The Morgan fingerprint density at radius 3 is 2.72 bits per heavy atom. The van der Waals surface area contributed by atoms with Crippen LogP contribution < -0.4 is 5.73 Å². The third-order valence-electron chi connectivity index (χ3n) is 6.63. The lowest BCUT2D eigenvalue weighted by molar-refractivity contribution is 0.261. The molecule has 0 aliphatic carbocycles. The Morgan fingerprint density at radius 1 is 1.17 bits per heavy atom. The first kappa shape index (κ1) is 24.1. The van der Waals surface area contributed by atoms with Gasteiger partial charge in [0.2, 0.25) is 16.0 Å². The van der Waals surface area contributed by atoms with E-state index < -0.39 is 10.0 Å². The van der Waals surface area contributed by atoms with Gasteiger partial charge in [-0.3, -0.25) is 4.68 Å². The first-order valence-corrected chi connectivity index (χ1v) is 13.7. The van der Waals surface area contributed by atoms with Crippen LogP contribution in [0.3, 0.4) is 0 Å². The second-order valence-electron chi connectivity index (χ2n) is 8.97. The predicted octanol–water partition coefficient (Wildman–Crippen LogP) is 3.57. The maximum absolute atomic E-state index is 12.5. The van der Waals surface area contributed by atoms with Gasteiger partial charge < -0.3 is 10.7 Å². The minimum Gasteiger partial charge on any atom is -0.368 e. The standard InChI is InChI=1S/C25H30N8O2S/c1-3-5-10-36(34,35)32-8-6-20(7-9-32)33-16-18(14-29-33)17-11-21-22(15-28-24(21)27-13-17)23-12-19(4-2)30-25(26)31-23/h3,5,11-16,20H,4,6-10H2,1-2H3,(H,27,28)(H2,26,30,31). The highest BCUT2D eigenvalue weighted by Crippen LogP contribution is 2.32. The number of fused-ring (bicyclic) bond motifs is 1. The Kier molecular flexibility index (Phi) is 6.59. The number of nitrogens with one attached hydrogen (secondary N) is 1. The maximum atomic E-state index is 12.5. The van der Waals surface area contributed by atoms with Crippen molar-refractivity contribution in [3.63, 3.8) is 0 Å². The zero-order valence-electron chi connectivity index (χ0n) is 20.4. The van der Waals surface area contributed by atoms with E-state index in [1.165, 1.54) is 0 Å². The Hall–Kier alpha value is -3.57. The first-order valence-electron chi connectivity index (χ1n) is 12.1. The van der Waals surface area contributed by atoms with Gasteiger partial charge in [-0.2, -0.15) is 5.10 Å². The fourth-order valence-electron chi connectivity index (χ4n) is 4.61. The van der Waals surface area contributed by atoms with E-state index >= 15 is 0 Å². The van der Waals surface area contributed by atoms with Gasteiger partial charge in [-0.15, -0.1) is 0 Å². The van der Waals surface area contributed by atoms with E-state index in [2.05, 4.69) is 31.1 Å². The van der Waals surface area contributed by atoms with Gasteiger partial charge in [-0.05, 0) is 38.3 Å². The number of nitrogens with zero attached hydrogens (tertiary/aromatic N) is 6. The molecule has 188 valence electrons. The first-order chi connectivity index (χ1) is 17.4. The molecule has 0 bridgehead atoms.